The first-order valence-electron chi connectivity index (χ1n) is 11.0. The van der Waals surface area contributed by atoms with Crippen LogP contribution in [0.5, 0.6) is 11.5 Å². The van der Waals surface area contributed by atoms with Gasteiger partial charge >= 0.3 is 0 Å². The third-order valence-corrected chi connectivity index (χ3v) is 6.69. The summed E-state index contributed by atoms with van der Waals surface area (Å²) in [6, 6.07) is 10.5. The van der Waals surface area contributed by atoms with Crippen molar-refractivity contribution in [3.05, 3.63) is 57.3 Å². The van der Waals surface area contributed by atoms with E-state index in [2.05, 4.69) is 17.2 Å². The van der Waals surface area contributed by atoms with Gasteiger partial charge in [0.1, 0.15) is 0 Å². The molecule has 0 fully saturated rings. The molecule has 0 saturated heterocycles. The highest BCUT2D eigenvalue weighted by Crippen LogP contribution is 2.34. The molecule has 1 atom stereocenters. The highest BCUT2D eigenvalue weighted by atomic mass is 35.5. The van der Waals surface area contributed by atoms with Crippen molar-refractivity contribution in [3.8, 4) is 11.5 Å². The second-order valence-corrected chi connectivity index (χ2v) is 9.29. The van der Waals surface area contributed by atoms with Crippen LogP contribution in [0.25, 0.3) is 10.9 Å². The number of halogens is 1. The number of nitrogens with one attached hydrogen (secondary N) is 1. The Hall–Kier alpha value is -2.71. The van der Waals surface area contributed by atoms with Gasteiger partial charge in [0.2, 0.25) is 12.7 Å². The standard InChI is InChI=1S/C24H26ClN3O4S/c1-3-4-5-10-28-23(30)18-8-7-17(25)12-19(18)27-24(28)33-13-22(29)26-15(2)16-6-9-20-21(11-16)32-14-31-20/h6-9,11-12,15H,3-5,10,13-14H2,1-2H3,(H,26,29). The van der Waals surface area contributed by atoms with Crippen LogP contribution in [0.15, 0.2) is 46.3 Å². The van der Waals surface area contributed by atoms with Gasteiger partial charge in [0, 0.05) is 11.6 Å². The Balaban J connectivity index is 1.48. The van der Waals surface area contributed by atoms with Crippen LogP contribution in [0, 0.1) is 0 Å². The smallest absolute Gasteiger partial charge is 0.262 e. The lowest BCUT2D eigenvalue weighted by atomic mass is 10.1. The van der Waals surface area contributed by atoms with E-state index in [1.54, 1.807) is 22.8 Å². The van der Waals surface area contributed by atoms with Crippen molar-refractivity contribution >= 4 is 40.2 Å². The SMILES string of the molecule is CCCCCn1c(SCC(=O)NC(C)c2ccc3c(c2)OCO3)nc2cc(Cl)ccc2c1=O. The second kappa shape index (κ2) is 10.5. The van der Waals surface area contributed by atoms with E-state index in [1.807, 2.05) is 25.1 Å². The molecule has 1 amide bonds. The van der Waals surface area contributed by atoms with E-state index in [0.717, 1.165) is 24.8 Å². The molecule has 0 bridgehead atoms. The normalized spacial score (nSPS) is 13.3. The van der Waals surface area contributed by atoms with Gasteiger partial charge in [-0.25, -0.2) is 4.98 Å². The van der Waals surface area contributed by atoms with Gasteiger partial charge in [-0.2, -0.15) is 0 Å². The van der Waals surface area contributed by atoms with Crippen molar-refractivity contribution in [2.75, 3.05) is 12.5 Å². The Kier molecular flexibility index (Phi) is 7.45. The zero-order valence-electron chi connectivity index (χ0n) is 18.6. The molecule has 174 valence electrons. The average Bonchev–Trinajstić information content (AvgIpc) is 3.27. The van der Waals surface area contributed by atoms with Gasteiger partial charge in [0.25, 0.3) is 5.56 Å². The molecule has 33 heavy (non-hydrogen) atoms. The summed E-state index contributed by atoms with van der Waals surface area (Å²) >= 11 is 7.36. The lowest BCUT2D eigenvalue weighted by Gasteiger charge is -2.16. The Morgan fingerprint density at radius 3 is 2.85 bits per heavy atom. The molecule has 0 saturated carbocycles. The molecule has 9 heteroatoms. The van der Waals surface area contributed by atoms with E-state index < -0.39 is 0 Å². The third kappa shape index (κ3) is 5.45. The largest absolute Gasteiger partial charge is 0.454 e. The van der Waals surface area contributed by atoms with Crippen LogP contribution in [-0.2, 0) is 11.3 Å². The number of hydrogen-bond acceptors (Lipinski definition) is 6. The van der Waals surface area contributed by atoms with E-state index in [4.69, 9.17) is 21.1 Å². The molecule has 4 rings (SSSR count). The van der Waals surface area contributed by atoms with Crippen molar-refractivity contribution in [2.24, 2.45) is 0 Å². The summed E-state index contributed by atoms with van der Waals surface area (Å²) in [6.07, 6.45) is 2.94. The average molecular weight is 488 g/mol. The minimum absolute atomic E-state index is 0.107. The van der Waals surface area contributed by atoms with Gasteiger partial charge < -0.3 is 14.8 Å². The fourth-order valence-electron chi connectivity index (χ4n) is 3.68. The van der Waals surface area contributed by atoms with Gasteiger partial charge in [0.05, 0.1) is 22.7 Å². The predicted octanol–water partition coefficient (Wildman–Crippen LogP) is 4.94. The molecule has 0 spiro atoms. The highest BCUT2D eigenvalue weighted by molar-refractivity contribution is 7.99. The van der Waals surface area contributed by atoms with Crippen LogP contribution in [0.3, 0.4) is 0 Å². The molecule has 2 heterocycles. The Morgan fingerprint density at radius 1 is 1.21 bits per heavy atom. The van der Waals surface area contributed by atoms with Gasteiger partial charge in [-0.1, -0.05) is 49.2 Å². The van der Waals surface area contributed by atoms with E-state index >= 15 is 0 Å². The monoisotopic (exact) mass is 487 g/mol. The zero-order chi connectivity index (χ0) is 23.4. The first-order chi connectivity index (χ1) is 16.0. The summed E-state index contributed by atoms with van der Waals surface area (Å²) in [6.45, 7) is 4.80. The number of amides is 1. The summed E-state index contributed by atoms with van der Waals surface area (Å²) in [7, 11) is 0. The maximum absolute atomic E-state index is 13.1. The number of nitrogens with zero attached hydrogens (tertiary/aromatic N) is 2. The number of unbranched alkanes of at least 4 members (excludes halogenated alkanes) is 2. The fourth-order valence-corrected chi connectivity index (χ4v) is 4.68. The molecule has 1 N–H and O–H groups in total. The number of benzene rings is 2. The van der Waals surface area contributed by atoms with Crippen molar-refractivity contribution in [1.29, 1.82) is 0 Å². The summed E-state index contributed by atoms with van der Waals surface area (Å²) in [5.74, 6) is 1.38. The van der Waals surface area contributed by atoms with Crippen molar-refractivity contribution in [2.45, 2.75) is 50.9 Å². The molecule has 1 aliphatic rings. The van der Waals surface area contributed by atoms with Gasteiger partial charge in [-0.05, 0) is 49.2 Å². The molecule has 0 aliphatic carbocycles. The van der Waals surface area contributed by atoms with Crippen LogP contribution in [0.4, 0.5) is 0 Å². The predicted molar refractivity (Wildman–Crippen MR) is 130 cm³/mol. The van der Waals surface area contributed by atoms with Crippen LogP contribution in [0.1, 0.15) is 44.7 Å². The van der Waals surface area contributed by atoms with Gasteiger partial charge in [-0.15, -0.1) is 0 Å². The van der Waals surface area contributed by atoms with E-state index in [9.17, 15) is 9.59 Å². The molecule has 1 unspecified atom stereocenters. The summed E-state index contributed by atoms with van der Waals surface area (Å²) in [4.78, 5) is 30.4. The molecule has 0 radical (unpaired) electrons. The Bertz CT molecular complexity index is 1230. The molecule has 7 nitrogen and oxygen atoms in total. The molecule has 1 aliphatic heterocycles. The number of aromatic nitrogens is 2. The van der Waals surface area contributed by atoms with Crippen LogP contribution >= 0.6 is 23.4 Å². The number of hydrogen-bond donors (Lipinski definition) is 1. The summed E-state index contributed by atoms with van der Waals surface area (Å²) in [5, 5.41) is 4.57. The van der Waals surface area contributed by atoms with E-state index in [1.165, 1.54) is 11.8 Å². The van der Waals surface area contributed by atoms with Crippen LogP contribution < -0.4 is 20.3 Å². The molecule has 2 aromatic carbocycles. The number of carbonyl (C=O) groups is 1. The first-order valence-corrected chi connectivity index (χ1v) is 12.3. The minimum Gasteiger partial charge on any atom is -0.454 e. The van der Waals surface area contributed by atoms with E-state index in [0.29, 0.717) is 39.1 Å². The number of fused-ring (bicyclic) bond motifs is 2. The van der Waals surface area contributed by atoms with Gasteiger partial charge in [-0.3, -0.25) is 14.2 Å². The lowest BCUT2D eigenvalue weighted by molar-refractivity contribution is -0.119. The lowest BCUT2D eigenvalue weighted by Crippen LogP contribution is -2.29. The van der Waals surface area contributed by atoms with Crippen LogP contribution in [-0.4, -0.2) is 28.0 Å². The second-order valence-electron chi connectivity index (χ2n) is 7.91. The maximum atomic E-state index is 13.1. The minimum atomic E-state index is -0.206. The molecular formula is C24H26ClN3O4S. The fraction of sp³-hybridized carbons (Fsp3) is 0.375. The zero-order valence-corrected chi connectivity index (χ0v) is 20.2. The van der Waals surface area contributed by atoms with Crippen LogP contribution in [0.2, 0.25) is 5.02 Å². The maximum Gasteiger partial charge on any atom is 0.262 e. The quantitative estimate of drug-likeness (QED) is 0.261. The molecule has 1 aromatic heterocycles. The van der Waals surface area contributed by atoms with Gasteiger partial charge in [0.15, 0.2) is 16.7 Å². The number of carbonyl (C=O) groups excluding carboxylic acids is 1. The Morgan fingerprint density at radius 2 is 2.03 bits per heavy atom. The topological polar surface area (TPSA) is 82.5 Å². The highest BCUT2D eigenvalue weighted by Gasteiger charge is 2.18. The van der Waals surface area contributed by atoms with Crippen molar-refractivity contribution in [1.82, 2.24) is 14.9 Å². The van der Waals surface area contributed by atoms with Crippen molar-refractivity contribution in [3.63, 3.8) is 0 Å². The first kappa shape index (κ1) is 23.4. The third-order valence-electron chi connectivity index (χ3n) is 5.47. The van der Waals surface area contributed by atoms with E-state index in [-0.39, 0.29) is 30.1 Å². The molecular weight excluding hydrogens is 462 g/mol. The number of rotatable bonds is 9. The number of ether oxygens (including phenoxy) is 2. The summed E-state index contributed by atoms with van der Waals surface area (Å²) < 4.78 is 12.4. The number of thioether (sulfide) groups is 1. The molecule has 3 aromatic rings. The summed E-state index contributed by atoms with van der Waals surface area (Å²) in [5.41, 5.74) is 1.35. The Labute approximate surface area is 201 Å². The van der Waals surface area contributed by atoms with Crippen molar-refractivity contribution < 1.29 is 14.3 Å².